The van der Waals surface area contributed by atoms with Crippen molar-refractivity contribution in [2.75, 3.05) is 0 Å². The minimum absolute atomic E-state index is 0.0412. The Morgan fingerprint density at radius 3 is 2.11 bits per heavy atom. The third-order valence-corrected chi connectivity index (χ3v) is 0.717. The Hall–Kier alpha value is -0.290. The third kappa shape index (κ3) is 5.58. The van der Waals surface area contributed by atoms with Gasteiger partial charge in [0.15, 0.2) is 0 Å². The standard InChI is InChI=1S/C4H8F3NO/c1-2-3(9)8-4(5,6)7/h3,8-9H,2H2,1H3. The summed E-state index contributed by atoms with van der Waals surface area (Å²) in [5.41, 5.74) is 0. The molecule has 0 saturated carbocycles. The largest absolute Gasteiger partial charge is 0.459 e. The van der Waals surface area contributed by atoms with E-state index in [9.17, 15) is 13.2 Å². The van der Waals surface area contributed by atoms with Gasteiger partial charge in [-0.05, 0) is 6.42 Å². The lowest BCUT2D eigenvalue weighted by molar-refractivity contribution is -0.182. The minimum Gasteiger partial charge on any atom is -0.378 e. The quantitative estimate of drug-likeness (QED) is 0.443. The molecule has 1 unspecified atom stereocenters. The van der Waals surface area contributed by atoms with Gasteiger partial charge in [-0.2, -0.15) is 13.2 Å². The van der Waals surface area contributed by atoms with Crippen LogP contribution in [0.15, 0.2) is 0 Å². The first-order chi connectivity index (χ1) is 3.95. The van der Waals surface area contributed by atoms with Crippen molar-refractivity contribution in [3.63, 3.8) is 0 Å². The zero-order chi connectivity index (χ0) is 7.49. The van der Waals surface area contributed by atoms with Crippen molar-refractivity contribution in [1.29, 1.82) is 0 Å². The average Bonchev–Trinajstić information content (AvgIpc) is 1.62. The lowest BCUT2D eigenvalue weighted by Gasteiger charge is -2.12. The number of aliphatic hydroxyl groups is 1. The molecule has 9 heavy (non-hydrogen) atoms. The van der Waals surface area contributed by atoms with Crippen LogP contribution in [0.1, 0.15) is 13.3 Å². The van der Waals surface area contributed by atoms with E-state index in [1.165, 1.54) is 6.92 Å². The summed E-state index contributed by atoms with van der Waals surface area (Å²) in [6, 6.07) is 0. The van der Waals surface area contributed by atoms with Gasteiger partial charge in [-0.15, -0.1) is 0 Å². The number of alkyl halides is 3. The molecule has 0 fully saturated rings. The van der Waals surface area contributed by atoms with Crippen LogP contribution in [-0.4, -0.2) is 17.6 Å². The van der Waals surface area contributed by atoms with Gasteiger partial charge in [0.2, 0.25) is 0 Å². The first-order valence-electron chi connectivity index (χ1n) is 2.48. The molecule has 1 atom stereocenters. The molecular weight excluding hydrogens is 135 g/mol. The Labute approximate surface area is 50.7 Å². The van der Waals surface area contributed by atoms with Crippen molar-refractivity contribution in [2.24, 2.45) is 0 Å². The smallest absolute Gasteiger partial charge is 0.378 e. The summed E-state index contributed by atoms with van der Waals surface area (Å²) in [5, 5.41) is 9.39. The summed E-state index contributed by atoms with van der Waals surface area (Å²) in [6.07, 6.45) is -5.92. The van der Waals surface area contributed by atoms with Crippen LogP contribution >= 0.6 is 0 Å². The van der Waals surface area contributed by atoms with Crippen LogP contribution in [0.2, 0.25) is 0 Å². The number of hydrogen-bond acceptors (Lipinski definition) is 2. The van der Waals surface area contributed by atoms with E-state index in [4.69, 9.17) is 5.11 Å². The van der Waals surface area contributed by atoms with Crippen molar-refractivity contribution in [1.82, 2.24) is 5.32 Å². The fourth-order valence-electron chi connectivity index (χ4n) is 0.291. The molecule has 0 spiro atoms. The highest BCUT2D eigenvalue weighted by Crippen LogP contribution is 2.10. The van der Waals surface area contributed by atoms with Crippen molar-refractivity contribution in [3.8, 4) is 0 Å². The van der Waals surface area contributed by atoms with E-state index in [-0.39, 0.29) is 6.42 Å². The van der Waals surface area contributed by atoms with Crippen molar-refractivity contribution in [3.05, 3.63) is 0 Å². The van der Waals surface area contributed by atoms with E-state index in [0.717, 1.165) is 5.32 Å². The van der Waals surface area contributed by atoms with Crippen LogP contribution in [0.25, 0.3) is 0 Å². The van der Waals surface area contributed by atoms with Gasteiger partial charge in [-0.25, -0.2) is 5.32 Å². The second kappa shape index (κ2) is 3.03. The highest BCUT2D eigenvalue weighted by molar-refractivity contribution is 4.51. The lowest BCUT2D eigenvalue weighted by atomic mass is 10.4. The molecule has 0 aliphatic rings. The number of nitrogens with one attached hydrogen (secondary N) is 1. The minimum atomic E-state index is -4.48. The molecule has 5 heteroatoms. The maximum atomic E-state index is 11.2. The van der Waals surface area contributed by atoms with Crippen LogP contribution in [-0.2, 0) is 0 Å². The van der Waals surface area contributed by atoms with Crippen LogP contribution in [0.5, 0.6) is 0 Å². The molecule has 0 radical (unpaired) electrons. The molecule has 56 valence electrons. The van der Waals surface area contributed by atoms with Crippen LogP contribution < -0.4 is 5.32 Å². The van der Waals surface area contributed by atoms with Crippen LogP contribution in [0.4, 0.5) is 13.2 Å². The Kier molecular flexibility index (Phi) is 2.93. The molecule has 0 bridgehead atoms. The molecular formula is C4H8F3NO. The third-order valence-electron chi connectivity index (χ3n) is 0.717. The van der Waals surface area contributed by atoms with Crippen molar-refractivity contribution < 1.29 is 18.3 Å². The summed E-state index contributed by atoms with van der Waals surface area (Å²) in [4.78, 5) is 0. The van der Waals surface area contributed by atoms with Gasteiger partial charge in [0.1, 0.15) is 6.23 Å². The second-order valence-corrected chi connectivity index (χ2v) is 1.57. The predicted molar refractivity (Wildman–Crippen MR) is 25.5 cm³/mol. The molecule has 0 aliphatic carbocycles. The molecule has 2 nitrogen and oxygen atoms in total. The van der Waals surface area contributed by atoms with E-state index >= 15 is 0 Å². The Morgan fingerprint density at radius 2 is 2.00 bits per heavy atom. The van der Waals surface area contributed by atoms with Gasteiger partial charge in [0.25, 0.3) is 0 Å². The van der Waals surface area contributed by atoms with Crippen LogP contribution in [0.3, 0.4) is 0 Å². The Balaban J connectivity index is 3.47. The van der Waals surface area contributed by atoms with Gasteiger partial charge in [-0.1, -0.05) is 6.92 Å². The second-order valence-electron chi connectivity index (χ2n) is 1.57. The fraction of sp³-hybridized carbons (Fsp3) is 1.00. The first-order valence-corrected chi connectivity index (χ1v) is 2.48. The predicted octanol–water partition coefficient (Wildman–Crippen LogP) is 0.824. The number of rotatable bonds is 2. The summed E-state index contributed by atoms with van der Waals surface area (Å²) >= 11 is 0. The van der Waals surface area contributed by atoms with Gasteiger partial charge in [0.05, 0.1) is 0 Å². The highest BCUT2D eigenvalue weighted by Gasteiger charge is 2.29. The van der Waals surface area contributed by atoms with Gasteiger partial charge < -0.3 is 5.11 Å². The maximum Gasteiger partial charge on any atom is 0.459 e. The van der Waals surface area contributed by atoms with Gasteiger partial charge in [-0.3, -0.25) is 0 Å². The van der Waals surface area contributed by atoms with E-state index in [0.29, 0.717) is 0 Å². The molecule has 0 aromatic carbocycles. The summed E-state index contributed by atoms with van der Waals surface area (Å²) in [7, 11) is 0. The normalized spacial score (nSPS) is 15.7. The molecule has 0 saturated heterocycles. The molecule has 0 aromatic heterocycles. The Bertz CT molecular complexity index is 82.4. The number of halogens is 3. The summed E-state index contributed by atoms with van der Waals surface area (Å²) in [5.74, 6) is 0. The molecule has 0 rings (SSSR count). The molecule has 2 N–H and O–H groups in total. The van der Waals surface area contributed by atoms with E-state index < -0.39 is 12.5 Å². The van der Waals surface area contributed by atoms with E-state index in [1.54, 1.807) is 0 Å². The van der Waals surface area contributed by atoms with Crippen molar-refractivity contribution in [2.45, 2.75) is 25.9 Å². The maximum absolute atomic E-state index is 11.2. The Morgan fingerprint density at radius 1 is 1.56 bits per heavy atom. The fourth-order valence-corrected chi connectivity index (χ4v) is 0.291. The molecule has 0 heterocycles. The lowest BCUT2D eigenvalue weighted by Crippen LogP contribution is -2.40. The molecule has 0 aromatic rings. The topological polar surface area (TPSA) is 32.3 Å². The molecule has 0 amide bonds. The van der Waals surface area contributed by atoms with E-state index in [2.05, 4.69) is 0 Å². The average molecular weight is 143 g/mol. The number of hydrogen-bond donors (Lipinski definition) is 2. The summed E-state index contributed by atoms with van der Waals surface area (Å²) < 4.78 is 33.7. The van der Waals surface area contributed by atoms with Gasteiger partial charge in [0, 0.05) is 0 Å². The first kappa shape index (κ1) is 8.71. The van der Waals surface area contributed by atoms with Crippen LogP contribution in [0, 0.1) is 0 Å². The van der Waals surface area contributed by atoms with Gasteiger partial charge >= 0.3 is 6.30 Å². The zero-order valence-corrected chi connectivity index (χ0v) is 4.87. The van der Waals surface area contributed by atoms with Crippen molar-refractivity contribution >= 4 is 0 Å². The van der Waals surface area contributed by atoms with E-state index in [1.807, 2.05) is 0 Å². The summed E-state index contributed by atoms with van der Waals surface area (Å²) in [6.45, 7) is 1.45. The molecule has 0 aliphatic heterocycles. The monoisotopic (exact) mass is 143 g/mol. The SMILES string of the molecule is CCC(O)NC(F)(F)F. The zero-order valence-electron chi connectivity index (χ0n) is 4.87. The highest BCUT2D eigenvalue weighted by atomic mass is 19.4. The number of aliphatic hydroxyl groups excluding tert-OH is 1.